The number of rotatable bonds is 4. The Hall–Kier alpha value is -2.30. The van der Waals surface area contributed by atoms with E-state index in [0.29, 0.717) is 29.6 Å². The molecule has 1 saturated heterocycles. The molecular weight excluding hydrogens is 341 g/mol. The van der Waals surface area contributed by atoms with E-state index in [0.717, 1.165) is 0 Å². The van der Waals surface area contributed by atoms with Crippen LogP contribution in [0.1, 0.15) is 20.3 Å². The molecule has 1 spiro atoms. The first-order chi connectivity index (χ1) is 12.0. The summed E-state index contributed by atoms with van der Waals surface area (Å²) >= 11 is 0. The van der Waals surface area contributed by atoms with Crippen molar-refractivity contribution in [3.05, 3.63) is 54.6 Å². The third-order valence-electron chi connectivity index (χ3n) is 3.97. The fraction of sp³-hybridized carbons (Fsp3) is 0.278. The van der Waals surface area contributed by atoms with E-state index in [4.69, 9.17) is 18.1 Å². The molecule has 1 unspecified atom stereocenters. The average molecular weight is 361 g/mol. The van der Waals surface area contributed by atoms with Gasteiger partial charge in [-0.2, -0.15) is 0 Å². The third kappa shape index (κ3) is 2.81. The van der Waals surface area contributed by atoms with Crippen LogP contribution < -0.4 is 18.7 Å². The molecule has 2 aliphatic rings. The summed E-state index contributed by atoms with van der Waals surface area (Å²) in [6.45, 7) is 4.08. The molecule has 25 heavy (non-hydrogen) atoms. The number of hydrogen-bond donors (Lipinski definition) is 1. The maximum absolute atomic E-state index is 12.5. The number of fused-ring (bicyclic) bond motifs is 1. The van der Waals surface area contributed by atoms with E-state index in [1.54, 1.807) is 24.3 Å². The summed E-state index contributed by atoms with van der Waals surface area (Å²) in [5.41, 5.74) is 0. The summed E-state index contributed by atoms with van der Waals surface area (Å²) in [6.07, 6.45) is 0.595. The van der Waals surface area contributed by atoms with Gasteiger partial charge in [-0.25, -0.2) is 0 Å². The van der Waals surface area contributed by atoms with Gasteiger partial charge in [-0.3, -0.25) is 0 Å². The molecule has 1 N–H and O–H groups in total. The van der Waals surface area contributed by atoms with Crippen LogP contribution in [-0.2, 0) is 9.32 Å². The Bertz CT molecular complexity index is 785. The van der Waals surface area contributed by atoms with E-state index in [1.165, 1.54) is 0 Å². The molecule has 4 rings (SSSR count). The van der Waals surface area contributed by atoms with Gasteiger partial charge in [0.25, 0.3) is 0 Å². The van der Waals surface area contributed by atoms with Gasteiger partial charge in [0.2, 0.25) is 0 Å². The zero-order valence-electron chi connectivity index (χ0n) is 14.0. The molecule has 6 nitrogen and oxygen atoms in total. The second-order valence-electron chi connectivity index (χ2n) is 6.57. The molecule has 0 aliphatic carbocycles. The molecule has 2 aromatic rings. The molecule has 2 aromatic carbocycles. The molecule has 0 saturated carbocycles. The maximum atomic E-state index is 12.5. The van der Waals surface area contributed by atoms with Crippen molar-refractivity contribution in [2.45, 2.75) is 26.3 Å². The van der Waals surface area contributed by atoms with Gasteiger partial charge in [-0.15, -0.1) is 0 Å². The van der Waals surface area contributed by atoms with Gasteiger partial charge in [0.1, 0.15) is 0 Å². The second kappa shape index (κ2) is 5.61. The van der Waals surface area contributed by atoms with E-state index < -0.39 is 19.7 Å². The normalized spacial score (nSPS) is 23.9. The Morgan fingerprint density at radius 1 is 1.00 bits per heavy atom. The number of para-hydroxylation sites is 3. The van der Waals surface area contributed by atoms with Crippen LogP contribution in [0.5, 0.6) is 17.2 Å². The van der Waals surface area contributed by atoms with Gasteiger partial charge >= 0.3 is 146 Å². The molecule has 0 amide bonds. The minimum absolute atomic E-state index is 0.297. The fourth-order valence-corrected chi connectivity index (χ4v) is 6.02. The zero-order valence-corrected chi connectivity index (χ0v) is 14.9. The van der Waals surface area contributed by atoms with Crippen LogP contribution in [0.25, 0.3) is 0 Å². The molecule has 2 heterocycles. The first kappa shape index (κ1) is 16.2. The predicted octanol–water partition coefficient (Wildman–Crippen LogP) is 4.23. The molecule has 7 heteroatoms. The fourth-order valence-electron chi connectivity index (χ4n) is 2.97. The number of hydrogen-bond acceptors (Lipinski definition) is 6. The monoisotopic (exact) mass is 361 g/mol. The summed E-state index contributed by atoms with van der Waals surface area (Å²) < 4.78 is 23.9. The van der Waals surface area contributed by atoms with E-state index in [9.17, 15) is 4.79 Å². The van der Waals surface area contributed by atoms with Gasteiger partial charge in [-0.1, -0.05) is 0 Å². The molecular formula is C18H20NO5P. The molecule has 132 valence electrons. The number of benzene rings is 2. The van der Waals surface area contributed by atoms with Crippen LogP contribution in [0, 0.1) is 5.92 Å². The first-order valence-corrected chi connectivity index (χ1v) is 10.2. The molecule has 0 bridgehead atoms. The van der Waals surface area contributed by atoms with Gasteiger partial charge in [-0.05, 0) is 0 Å². The molecule has 0 radical (unpaired) electrons. The Balaban J connectivity index is 1.74. The van der Waals surface area contributed by atoms with Crippen LogP contribution in [0.4, 0.5) is 0 Å². The van der Waals surface area contributed by atoms with E-state index in [1.807, 2.05) is 44.2 Å². The number of carbonyl (C=O) groups is 1. The second-order valence-corrected chi connectivity index (χ2v) is 9.18. The van der Waals surface area contributed by atoms with Gasteiger partial charge in [0.05, 0.1) is 0 Å². The minimum atomic E-state index is -4.35. The van der Waals surface area contributed by atoms with Crippen molar-refractivity contribution in [1.29, 1.82) is 0 Å². The quantitative estimate of drug-likeness (QED) is 0.823. The van der Waals surface area contributed by atoms with Crippen molar-refractivity contribution in [2.24, 2.45) is 5.92 Å². The summed E-state index contributed by atoms with van der Waals surface area (Å²) in [7, 11) is -4.35. The Labute approximate surface area is 146 Å². The van der Waals surface area contributed by atoms with Gasteiger partial charge in [0, 0.05) is 0 Å². The van der Waals surface area contributed by atoms with Crippen molar-refractivity contribution in [3.8, 4) is 17.2 Å². The summed E-state index contributed by atoms with van der Waals surface area (Å²) in [4.78, 5) is 12.5. The van der Waals surface area contributed by atoms with Crippen LogP contribution in [0.3, 0.4) is 0 Å². The third-order valence-corrected chi connectivity index (χ3v) is 6.75. The van der Waals surface area contributed by atoms with Crippen LogP contribution in [0.15, 0.2) is 54.6 Å². The molecule has 2 aliphatic heterocycles. The standard InChI is InChI=1S/C18H20NO5P/c1-13(2)12-15-18(20)24-25(19-15,21-14-8-4-3-5-9-14)22-16-10-6-7-11-17(16)23-25/h3-11,13,15,19H,12H2,1-2H3. The van der Waals surface area contributed by atoms with Gasteiger partial charge in [0.15, 0.2) is 0 Å². The average Bonchev–Trinajstić information content (AvgIpc) is 3.01. The first-order valence-electron chi connectivity index (χ1n) is 8.26. The van der Waals surface area contributed by atoms with E-state index in [2.05, 4.69) is 5.09 Å². The predicted molar refractivity (Wildman–Crippen MR) is 94.2 cm³/mol. The topological polar surface area (TPSA) is 66.0 Å². The zero-order chi connectivity index (χ0) is 17.5. The van der Waals surface area contributed by atoms with Crippen molar-refractivity contribution in [1.82, 2.24) is 5.09 Å². The van der Waals surface area contributed by atoms with Crippen molar-refractivity contribution < 1.29 is 22.9 Å². The van der Waals surface area contributed by atoms with Crippen LogP contribution >= 0.6 is 7.66 Å². The summed E-state index contributed by atoms with van der Waals surface area (Å²) in [5.74, 6) is 1.35. The van der Waals surface area contributed by atoms with Crippen LogP contribution in [-0.4, -0.2) is 12.0 Å². The van der Waals surface area contributed by atoms with Crippen molar-refractivity contribution in [3.63, 3.8) is 0 Å². The molecule has 1 atom stereocenters. The Kier molecular flexibility index (Phi) is 3.63. The Morgan fingerprint density at radius 3 is 2.20 bits per heavy atom. The summed E-state index contributed by atoms with van der Waals surface area (Å²) in [6, 6.07) is 15.7. The Morgan fingerprint density at radius 2 is 1.60 bits per heavy atom. The van der Waals surface area contributed by atoms with E-state index in [-0.39, 0.29) is 0 Å². The van der Waals surface area contributed by atoms with Crippen molar-refractivity contribution in [2.75, 3.05) is 0 Å². The van der Waals surface area contributed by atoms with Crippen molar-refractivity contribution >= 4 is 13.6 Å². The SMILES string of the molecule is CC(C)CC1NP2(Oc3ccccc3)(OC1=O)Oc1ccccc1O2. The van der Waals surface area contributed by atoms with E-state index >= 15 is 0 Å². The number of carbonyl (C=O) groups excluding carboxylic acids is 1. The summed E-state index contributed by atoms with van der Waals surface area (Å²) in [5, 5.41) is 3.15. The van der Waals surface area contributed by atoms with Crippen LogP contribution in [0.2, 0.25) is 0 Å². The molecule has 0 aromatic heterocycles. The van der Waals surface area contributed by atoms with Gasteiger partial charge < -0.3 is 0 Å². The molecule has 1 fully saturated rings. The number of nitrogens with one attached hydrogen (secondary N) is 1.